The fraction of sp³-hybridized carbons (Fsp3) is 0.133. The molecule has 3 heteroatoms. The molecule has 0 aliphatic carbocycles. The van der Waals surface area contributed by atoms with E-state index in [0.29, 0.717) is 17.2 Å². The van der Waals surface area contributed by atoms with Crippen molar-refractivity contribution in [2.24, 2.45) is 0 Å². The highest BCUT2D eigenvalue weighted by Gasteiger charge is 2.15. The van der Waals surface area contributed by atoms with Crippen LogP contribution in [0.15, 0.2) is 43.0 Å². The van der Waals surface area contributed by atoms with E-state index in [4.69, 9.17) is 0 Å². The van der Waals surface area contributed by atoms with Crippen molar-refractivity contribution in [3.05, 3.63) is 48.6 Å². The predicted molar refractivity (Wildman–Crippen MR) is 71.0 cm³/mol. The summed E-state index contributed by atoms with van der Waals surface area (Å²) >= 11 is 0. The number of phenolic OH excluding ortho intramolecular Hbond substituents is 2. The maximum Gasteiger partial charge on any atom is 0.167 e. The first-order valence-corrected chi connectivity index (χ1v) is 5.73. The van der Waals surface area contributed by atoms with Crippen molar-refractivity contribution in [3.8, 4) is 11.5 Å². The first-order chi connectivity index (χ1) is 8.65. The van der Waals surface area contributed by atoms with Crippen LogP contribution < -0.4 is 0 Å². The van der Waals surface area contributed by atoms with Gasteiger partial charge in [-0.15, -0.1) is 6.58 Å². The van der Waals surface area contributed by atoms with Crippen molar-refractivity contribution >= 4 is 16.6 Å². The standard InChI is InChI=1S/C15H14O3/c1-2-3-8-13(16)12-9-14(17)10-6-4-5-7-11(10)15(12)18/h2,4-7,9,17-18H,1,3,8H2. The van der Waals surface area contributed by atoms with Crippen LogP contribution in [-0.4, -0.2) is 16.0 Å². The van der Waals surface area contributed by atoms with E-state index in [1.165, 1.54) is 6.07 Å². The van der Waals surface area contributed by atoms with Crippen LogP contribution in [-0.2, 0) is 0 Å². The molecule has 0 heterocycles. The summed E-state index contributed by atoms with van der Waals surface area (Å²) in [5, 5.41) is 21.0. The van der Waals surface area contributed by atoms with Gasteiger partial charge in [0.25, 0.3) is 0 Å². The van der Waals surface area contributed by atoms with Gasteiger partial charge in [-0.2, -0.15) is 0 Å². The van der Waals surface area contributed by atoms with Crippen LogP contribution in [0.2, 0.25) is 0 Å². The van der Waals surface area contributed by atoms with Crippen molar-refractivity contribution in [2.75, 3.05) is 0 Å². The van der Waals surface area contributed by atoms with Crippen LogP contribution >= 0.6 is 0 Å². The summed E-state index contributed by atoms with van der Waals surface area (Å²) in [5.74, 6) is -0.267. The van der Waals surface area contributed by atoms with Crippen molar-refractivity contribution in [1.29, 1.82) is 0 Å². The number of carbonyl (C=O) groups excluding carboxylic acids is 1. The van der Waals surface area contributed by atoms with Gasteiger partial charge in [0.1, 0.15) is 11.5 Å². The van der Waals surface area contributed by atoms with E-state index in [-0.39, 0.29) is 29.3 Å². The molecule has 0 unspecified atom stereocenters. The van der Waals surface area contributed by atoms with E-state index in [1.54, 1.807) is 30.3 Å². The largest absolute Gasteiger partial charge is 0.507 e. The van der Waals surface area contributed by atoms with Gasteiger partial charge in [-0.05, 0) is 12.5 Å². The van der Waals surface area contributed by atoms with Crippen molar-refractivity contribution in [1.82, 2.24) is 0 Å². The Hall–Kier alpha value is -2.29. The van der Waals surface area contributed by atoms with Crippen LogP contribution in [0.1, 0.15) is 23.2 Å². The van der Waals surface area contributed by atoms with Gasteiger partial charge < -0.3 is 10.2 Å². The number of ketones is 1. The van der Waals surface area contributed by atoms with Crippen LogP contribution in [0.4, 0.5) is 0 Å². The average molecular weight is 242 g/mol. The van der Waals surface area contributed by atoms with Gasteiger partial charge in [0.05, 0.1) is 5.56 Å². The van der Waals surface area contributed by atoms with Gasteiger partial charge >= 0.3 is 0 Å². The number of rotatable bonds is 4. The molecule has 92 valence electrons. The first kappa shape index (κ1) is 12.2. The Labute approximate surface area is 105 Å². The summed E-state index contributed by atoms with van der Waals surface area (Å²) in [6.45, 7) is 3.55. The third-order valence-corrected chi connectivity index (χ3v) is 2.87. The molecule has 0 aliphatic heterocycles. The number of hydrogen-bond donors (Lipinski definition) is 2. The molecule has 2 aromatic carbocycles. The highest BCUT2D eigenvalue weighted by Crippen LogP contribution is 2.35. The molecule has 0 spiro atoms. The minimum Gasteiger partial charge on any atom is -0.507 e. The quantitative estimate of drug-likeness (QED) is 0.491. The Morgan fingerprint density at radius 3 is 2.56 bits per heavy atom. The summed E-state index contributed by atoms with van der Waals surface area (Å²) in [5.41, 5.74) is 0.160. The normalized spacial score (nSPS) is 10.4. The second kappa shape index (κ2) is 4.92. The number of aromatic hydroxyl groups is 2. The van der Waals surface area contributed by atoms with Crippen LogP contribution in [0.3, 0.4) is 0 Å². The summed E-state index contributed by atoms with van der Waals surface area (Å²) in [7, 11) is 0. The molecule has 2 N–H and O–H groups in total. The van der Waals surface area contributed by atoms with Gasteiger partial charge in [-0.3, -0.25) is 4.79 Å². The van der Waals surface area contributed by atoms with Crippen LogP contribution in [0, 0.1) is 0 Å². The minimum atomic E-state index is -0.201. The van der Waals surface area contributed by atoms with Crippen molar-refractivity contribution in [2.45, 2.75) is 12.8 Å². The average Bonchev–Trinajstić information content (AvgIpc) is 2.40. The number of allylic oxidation sites excluding steroid dienone is 1. The maximum atomic E-state index is 11.9. The van der Waals surface area contributed by atoms with E-state index in [9.17, 15) is 15.0 Å². The SMILES string of the molecule is C=CCCC(=O)c1cc(O)c2ccccc2c1O. The Morgan fingerprint density at radius 2 is 1.89 bits per heavy atom. The van der Waals surface area contributed by atoms with E-state index in [1.807, 2.05) is 0 Å². The monoisotopic (exact) mass is 242 g/mol. The lowest BCUT2D eigenvalue weighted by atomic mass is 9.99. The van der Waals surface area contributed by atoms with E-state index in [0.717, 1.165) is 0 Å². The van der Waals surface area contributed by atoms with Crippen molar-refractivity contribution < 1.29 is 15.0 Å². The van der Waals surface area contributed by atoms with E-state index in [2.05, 4.69) is 6.58 Å². The fourth-order valence-corrected chi connectivity index (χ4v) is 1.92. The molecule has 2 rings (SSSR count). The second-order valence-corrected chi connectivity index (χ2v) is 4.09. The van der Waals surface area contributed by atoms with Crippen molar-refractivity contribution in [3.63, 3.8) is 0 Å². The molecule has 18 heavy (non-hydrogen) atoms. The summed E-state index contributed by atoms with van der Waals surface area (Å²) in [6.07, 6.45) is 2.47. The maximum absolute atomic E-state index is 11.9. The fourth-order valence-electron chi connectivity index (χ4n) is 1.92. The molecule has 0 amide bonds. The Balaban J connectivity index is 2.55. The molecular weight excluding hydrogens is 228 g/mol. The molecule has 0 saturated heterocycles. The zero-order chi connectivity index (χ0) is 13.1. The summed E-state index contributed by atoms with van der Waals surface area (Å²) < 4.78 is 0. The van der Waals surface area contributed by atoms with Crippen LogP contribution in [0.5, 0.6) is 11.5 Å². The minimum absolute atomic E-state index is 0.00496. The molecule has 2 aromatic rings. The number of Topliss-reactive ketones (excluding diaryl/α,β-unsaturated/α-hetero) is 1. The summed E-state index contributed by atoms with van der Waals surface area (Å²) in [4.78, 5) is 11.9. The zero-order valence-electron chi connectivity index (χ0n) is 9.89. The lowest BCUT2D eigenvalue weighted by molar-refractivity contribution is 0.0981. The van der Waals surface area contributed by atoms with E-state index < -0.39 is 0 Å². The molecule has 0 atom stereocenters. The van der Waals surface area contributed by atoms with Gasteiger partial charge in [-0.25, -0.2) is 0 Å². The lowest BCUT2D eigenvalue weighted by Crippen LogP contribution is -1.99. The Morgan fingerprint density at radius 1 is 1.22 bits per heavy atom. The Kier molecular flexibility index (Phi) is 3.33. The third kappa shape index (κ3) is 2.07. The van der Waals surface area contributed by atoms with Gasteiger partial charge in [0.15, 0.2) is 5.78 Å². The third-order valence-electron chi connectivity index (χ3n) is 2.87. The molecule has 0 bridgehead atoms. The molecular formula is C15H14O3. The Bertz CT molecular complexity index is 614. The van der Waals surface area contributed by atoms with Gasteiger partial charge in [-0.1, -0.05) is 30.3 Å². The smallest absolute Gasteiger partial charge is 0.167 e. The number of benzene rings is 2. The molecule has 0 fully saturated rings. The lowest BCUT2D eigenvalue weighted by Gasteiger charge is -2.08. The van der Waals surface area contributed by atoms with Gasteiger partial charge in [0, 0.05) is 17.2 Å². The molecule has 3 nitrogen and oxygen atoms in total. The van der Waals surface area contributed by atoms with E-state index >= 15 is 0 Å². The molecule has 0 saturated carbocycles. The summed E-state index contributed by atoms with van der Waals surface area (Å²) in [6, 6.07) is 8.21. The highest BCUT2D eigenvalue weighted by atomic mass is 16.3. The predicted octanol–water partition coefficient (Wildman–Crippen LogP) is 3.40. The molecule has 0 aliphatic rings. The number of carbonyl (C=O) groups is 1. The number of phenols is 2. The second-order valence-electron chi connectivity index (χ2n) is 4.09. The first-order valence-electron chi connectivity index (χ1n) is 5.73. The molecule has 0 aromatic heterocycles. The molecule has 0 radical (unpaired) electrons. The number of fused-ring (bicyclic) bond motifs is 1. The number of hydrogen-bond acceptors (Lipinski definition) is 3. The highest BCUT2D eigenvalue weighted by molar-refractivity contribution is 6.06. The topological polar surface area (TPSA) is 57.5 Å². The zero-order valence-corrected chi connectivity index (χ0v) is 9.89. The van der Waals surface area contributed by atoms with Gasteiger partial charge in [0.2, 0.25) is 0 Å². The van der Waals surface area contributed by atoms with Crippen LogP contribution in [0.25, 0.3) is 10.8 Å².